The van der Waals surface area contributed by atoms with Gasteiger partial charge in [0.1, 0.15) is 0 Å². The number of rotatable bonds is 7. The molecule has 0 N–H and O–H groups in total. The van der Waals surface area contributed by atoms with Crippen molar-refractivity contribution >= 4 is 29.2 Å². The van der Waals surface area contributed by atoms with Gasteiger partial charge in [0, 0.05) is 24.8 Å². The molecule has 0 amide bonds. The summed E-state index contributed by atoms with van der Waals surface area (Å²) in [7, 11) is 0. The predicted octanol–water partition coefficient (Wildman–Crippen LogP) is 4.52. The molecule has 0 radical (unpaired) electrons. The minimum absolute atomic E-state index is 0.287. The van der Waals surface area contributed by atoms with Crippen LogP contribution in [0.25, 0.3) is 12.2 Å². The van der Waals surface area contributed by atoms with Crippen LogP contribution in [-0.4, -0.2) is 22.9 Å². The summed E-state index contributed by atoms with van der Waals surface area (Å²) in [4.78, 5) is 22.9. The van der Waals surface area contributed by atoms with Crippen LogP contribution in [0.5, 0.6) is 0 Å². The number of nitrogens with zero attached hydrogens (tertiary/aromatic N) is 3. The Kier molecular flexibility index (Phi) is 5.84. The molecule has 0 fully saturated rings. The van der Waals surface area contributed by atoms with Crippen LogP contribution in [0.4, 0.5) is 17.1 Å². The summed E-state index contributed by atoms with van der Waals surface area (Å²) in [5.74, 6) is 0. The minimum Gasteiger partial charge on any atom is -0.372 e. The lowest BCUT2D eigenvalue weighted by molar-refractivity contribution is -0.394. The molecule has 0 atom stereocenters. The third kappa shape index (κ3) is 4.41. The first-order valence-corrected chi connectivity index (χ1v) is 7.92. The van der Waals surface area contributed by atoms with Gasteiger partial charge in [-0.15, -0.1) is 0 Å². The van der Waals surface area contributed by atoms with Crippen LogP contribution in [-0.2, 0) is 0 Å². The molecule has 25 heavy (non-hydrogen) atoms. The van der Waals surface area contributed by atoms with Crippen LogP contribution in [0, 0.1) is 20.2 Å². The van der Waals surface area contributed by atoms with Crippen molar-refractivity contribution in [2.24, 2.45) is 0 Å². The summed E-state index contributed by atoms with van der Waals surface area (Å²) in [6, 6.07) is 11.5. The molecule has 0 saturated carbocycles. The molecule has 0 bridgehead atoms. The second kappa shape index (κ2) is 8.05. The van der Waals surface area contributed by atoms with Crippen LogP contribution in [0.15, 0.2) is 42.5 Å². The zero-order valence-corrected chi connectivity index (χ0v) is 14.1. The molecule has 0 heterocycles. The van der Waals surface area contributed by atoms with Gasteiger partial charge in [-0.05, 0) is 43.7 Å². The first kappa shape index (κ1) is 18.1. The Labute approximate surface area is 145 Å². The van der Waals surface area contributed by atoms with Gasteiger partial charge in [-0.2, -0.15) is 0 Å². The summed E-state index contributed by atoms with van der Waals surface area (Å²) in [6.45, 7) is 6.01. The van der Waals surface area contributed by atoms with E-state index in [0.717, 1.165) is 30.4 Å². The quantitative estimate of drug-likeness (QED) is 0.419. The molecule has 0 aliphatic heterocycles. The average molecular weight is 341 g/mol. The Morgan fingerprint density at radius 2 is 1.56 bits per heavy atom. The Hall–Kier alpha value is -3.22. The van der Waals surface area contributed by atoms with Crippen molar-refractivity contribution in [1.29, 1.82) is 0 Å². The molecule has 7 nitrogen and oxygen atoms in total. The molecule has 0 spiro atoms. The van der Waals surface area contributed by atoms with Crippen molar-refractivity contribution in [3.63, 3.8) is 0 Å². The van der Waals surface area contributed by atoms with Gasteiger partial charge in [0.15, 0.2) is 0 Å². The van der Waals surface area contributed by atoms with E-state index in [9.17, 15) is 20.2 Å². The number of non-ortho nitro benzene ring substituents is 1. The fourth-order valence-corrected chi connectivity index (χ4v) is 2.52. The second-order valence-corrected chi connectivity index (χ2v) is 5.35. The Balaban J connectivity index is 2.27. The predicted molar refractivity (Wildman–Crippen MR) is 98.7 cm³/mol. The normalized spacial score (nSPS) is 10.8. The number of nitro benzene ring substituents is 2. The van der Waals surface area contributed by atoms with Gasteiger partial charge in [-0.25, -0.2) is 0 Å². The SMILES string of the molecule is CCN(CC)c1ccc(/C=C/c2ccc([N+](=O)[O-])cc2[N+](=O)[O-])cc1. The van der Waals surface area contributed by atoms with Gasteiger partial charge in [0.2, 0.25) is 0 Å². The van der Waals surface area contributed by atoms with Crippen molar-refractivity contribution in [3.05, 3.63) is 73.8 Å². The number of anilines is 1. The van der Waals surface area contributed by atoms with E-state index in [-0.39, 0.29) is 11.4 Å². The Bertz CT molecular complexity index is 796. The van der Waals surface area contributed by atoms with Gasteiger partial charge in [0.05, 0.1) is 21.5 Å². The Morgan fingerprint density at radius 1 is 0.920 bits per heavy atom. The first-order chi connectivity index (χ1) is 12.0. The maximum absolute atomic E-state index is 11.1. The zero-order chi connectivity index (χ0) is 18.4. The van der Waals surface area contributed by atoms with Crippen molar-refractivity contribution in [2.45, 2.75) is 13.8 Å². The van der Waals surface area contributed by atoms with E-state index in [4.69, 9.17) is 0 Å². The van der Waals surface area contributed by atoms with E-state index >= 15 is 0 Å². The maximum Gasteiger partial charge on any atom is 0.283 e. The van der Waals surface area contributed by atoms with Gasteiger partial charge in [-0.3, -0.25) is 20.2 Å². The largest absolute Gasteiger partial charge is 0.372 e. The fraction of sp³-hybridized carbons (Fsp3) is 0.222. The van der Waals surface area contributed by atoms with Crippen LogP contribution in [0.3, 0.4) is 0 Å². The van der Waals surface area contributed by atoms with E-state index in [1.165, 1.54) is 12.1 Å². The van der Waals surface area contributed by atoms with E-state index in [2.05, 4.69) is 18.7 Å². The van der Waals surface area contributed by atoms with Gasteiger partial charge < -0.3 is 4.90 Å². The van der Waals surface area contributed by atoms with Crippen LogP contribution in [0.2, 0.25) is 0 Å². The molecule has 0 unspecified atom stereocenters. The topological polar surface area (TPSA) is 89.5 Å². The lowest BCUT2D eigenvalue weighted by atomic mass is 10.1. The Morgan fingerprint density at radius 3 is 2.08 bits per heavy atom. The highest BCUT2D eigenvalue weighted by molar-refractivity contribution is 5.75. The molecule has 2 aromatic rings. The fourth-order valence-electron chi connectivity index (χ4n) is 2.52. The lowest BCUT2D eigenvalue weighted by Gasteiger charge is -2.20. The third-order valence-electron chi connectivity index (χ3n) is 3.90. The number of hydrogen-bond donors (Lipinski definition) is 0. The van der Waals surface area contributed by atoms with E-state index < -0.39 is 9.85 Å². The smallest absolute Gasteiger partial charge is 0.283 e. The van der Waals surface area contributed by atoms with Gasteiger partial charge in [0.25, 0.3) is 11.4 Å². The second-order valence-electron chi connectivity index (χ2n) is 5.35. The molecular formula is C18H19N3O4. The highest BCUT2D eigenvalue weighted by Crippen LogP contribution is 2.26. The van der Waals surface area contributed by atoms with Crippen molar-refractivity contribution in [1.82, 2.24) is 0 Å². The van der Waals surface area contributed by atoms with Gasteiger partial charge in [-0.1, -0.05) is 18.2 Å². The molecule has 0 aliphatic rings. The summed E-state index contributed by atoms with van der Waals surface area (Å²) in [5, 5.41) is 21.9. The lowest BCUT2D eigenvalue weighted by Crippen LogP contribution is -2.21. The molecule has 7 heteroatoms. The third-order valence-corrected chi connectivity index (χ3v) is 3.90. The number of benzene rings is 2. The van der Waals surface area contributed by atoms with Crippen molar-refractivity contribution in [2.75, 3.05) is 18.0 Å². The monoisotopic (exact) mass is 341 g/mol. The van der Waals surface area contributed by atoms with Crippen LogP contribution in [0.1, 0.15) is 25.0 Å². The highest BCUT2D eigenvalue weighted by Gasteiger charge is 2.17. The standard InChI is InChI=1S/C18H19N3O4/c1-3-19(4-2)16-10-6-14(7-11-16)5-8-15-9-12-17(20(22)23)13-18(15)21(24)25/h5-13H,3-4H2,1-2H3/b8-5+. The summed E-state index contributed by atoms with van der Waals surface area (Å²) >= 11 is 0. The molecule has 0 aromatic heterocycles. The summed E-state index contributed by atoms with van der Waals surface area (Å²) in [5.41, 5.74) is 1.74. The average Bonchev–Trinajstić information content (AvgIpc) is 2.61. The maximum atomic E-state index is 11.1. The summed E-state index contributed by atoms with van der Waals surface area (Å²) in [6.07, 6.45) is 3.34. The molecule has 130 valence electrons. The molecule has 0 saturated heterocycles. The summed E-state index contributed by atoms with van der Waals surface area (Å²) < 4.78 is 0. The zero-order valence-electron chi connectivity index (χ0n) is 14.1. The minimum atomic E-state index is -0.646. The first-order valence-electron chi connectivity index (χ1n) is 7.92. The number of nitro groups is 2. The number of hydrogen-bond acceptors (Lipinski definition) is 5. The molecular weight excluding hydrogens is 322 g/mol. The van der Waals surface area contributed by atoms with E-state index in [1.807, 2.05) is 24.3 Å². The van der Waals surface area contributed by atoms with E-state index in [1.54, 1.807) is 12.2 Å². The van der Waals surface area contributed by atoms with Gasteiger partial charge >= 0.3 is 0 Å². The van der Waals surface area contributed by atoms with Crippen LogP contribution >= 0.6 is 0 Å². The van der Waals surface area contributed by atoms with E-state index in [0.29, 0.717) is 5.56 Å². The van der Waals surface area contributed by atoms with Crippen molar-refractivity contribution in [3.8, 4) is 0 Å². The highest BCUT2D eigenvalue weighted by atomic mass is 16.6. The van der Waals surface area contributed by atoms with Crippen molar-refractivity contribution < 1.29 is 9.85 Å². The molecule has 2 rings (SSSR count). The molecule has 0 aliphatic carbocycles. The van der Waals surface area contributed by atoms with Crippen LogP contribution < -0.4 is 4.90 Å². The molecule has 2 aromatic carbocycles.